The quantitative estimate of drug-likeness (QED) is 0.295. The summed E-state index contributed by atoms with van der Waals surface area (Å²) in [4.78, 5) is 9.87. The average molecular weight is 467 g/mol. The number of anilines is 2. The number of sulfonamides is 1. The van der Waals surface area contributed by atoms with Crippen molar-refractivity contribution in [3.05, 3.63) is 93.0 Å². The van der Waals surface area contributed by atoms with Gasteiger partial charge < -0.3 is 0 Å². The summed E-state index contributed by atoms with van der Waals surface area (Å²) in [6.45, 7) is 0. The highest BCUT2D eigenvalue weighted by Crippen LogP contribution is 2.30. The number of nitro groups is 1. The molecule has 160 valence electrons. The molecule has 0 radical (unpaired) electrons. The van der Waals surface area contributed by atoms with Crippen LogP contribution in [-0.4, -0.2) is 19.6 Å². The van der Waals surface area contributed by atoms with Crippen LogP contribution >= 0.6 is 11.6 Å². The first-order valence-electron chi connectivity index (χ1n) is 8.47. The van der Waals surface area contributed by atoms with Crippen molar-refractivity contribution < 1.29 is 22.1 Å². The Morgan fingerprint density at radius 2 is 1.77 bits per heavy atom. The predicted octanol–water partition coefficient (Wildman–Crippen LogP) is 4.77. The molecule has 0 heterocycles. The molecule has 0 bridgehead atoms. The van der Waals surface area contributed by atoms with E-state index >= 15 is 0 Å². The first-order valence-corrected chi connectivity index (χ1v) is 10.3. The van der Waals surface area contributed by atoms with Crippen molar-refractivity contribution in [2.24, 2.45) is 5.10 Å². The first kappa shape index (κ1) is 22.1. The van der Waals surface area contributed by atoms with Crippen LogP contribution < -0.4 is 10.1 Å². The van der Waals surface area contributed by atoms with Crippen LogP contribution in [-0.2, 0) is 10.0 Å². The van der Waals surface area contributed by atoms with Gasteiger partial charge in [0.1, 0.15) is 16.5 Å². The summed E-state index contributed by atoms with van der Waals surface area (Å²) in [6.07, 6.45) is 1.01. The summed E-state index contributed by atoms with van der Waals surface area (Å²) in [5.74, 6) is -1.64. The molecule has 0 aliphatic heterocycles. The highest BCUT2D eigenvalue weighted by atomic mass is 35.5. The number of hydrogen-bond donors (Lipinski definition) is 2. The van der Waals surface area contributed by atoms with Crippen LogP contribution in [0.5, 0.6) is 0 Å². The molecule has 3 rings (SSSR count). The van der Waals surface area contributed by atoms with Gasteiger partial charge in [-0.1, -0.05) is 23.7 Å². The molecule has 0 aliphatic rings. The number of non-ortho nitro benzene ring substituents is 1. The number of rotatable bonds is 7. The van der Waals surface area contributed by atoms with Crippen LogP contribution in [0.25, 0.3) is 0 Å². The topological polar surface area (TPSA) is 114 Å². The number of hydrazone groups is 1. The molecule has 0 aliphatic carbocycles. The van der Waals surface area contributed by atoms with Crippen LogP contribution in [0.4, 0.5) is 25.8 Å². The number of para-hydroxylation sites is 1. The molecule has 0 spiro atoms. The summed E-state index contributed by atoms with van der Waals surface area (Å²) in [5.41, 5.74) is 1.82. The lowest BCUT2D eigenvalue weighted by molar-refractivity contribution is -0.385. The fraction of sp³-hybridized carbons (Fsp3) is 0. The third kappa shape index (κ3) is 5.32. The number of nitrogens with zero attached hydrogens (tertiary/aromatic N) is 2. The summed E-state index contributed by atoms with van der Waals surface area (Å²) in [5, 5.41) is 15.0. The Bertz CT molecular complexity index is 1290. The fourth-order valence-corrected chi connectivity index (χ4v) is 3.96. The standard InChI is InChI=1S/C19H13ClF2N4O4S/c20-15-3-1-2-4-17(15)25-31(29,30)19-10-14(26(27)28)7-8-18(19)24-23-11-12-5-6-13(21)9-16(12)22/h1-11,24-25H/b23-11-. The van der Waals surface area contributed by atoms with E-state index in [0.29, 0.717) is 6.07 Å². The van der Waals surface area contributed by atoms with Crippen molar-refractivity contribution in [2.75, 3.05) is 10.1 Å². The average Bonchev–Trinajstić information content (AvgIpc) is 2.71. The highest BCUT2D eigenvalue weighted by Gasteiger charge is 2.23. The Hall–Kier alpha value is -3.57. The normalized spacial score (nSPS) is 11.5. The second-order valence-corrected chi connectivity index (χ2v) is 8.12. The minimum absolute atomic E-state index is 0.0607. The zero-order valence-corrected chi connectivity index (χ0v) is 17.0. The zero-order valence-electron chi connectivity index (χ0n) is 15.4. The minimum atomic E-state index is -4.33. The highest BCUT2D eigenvalue weighted by molar-refractivity contribution is 7.93. The van der Waals surface area contributed by atoms with Crippen molar-refractivity contribution in [1.29, 1.82) is 0 Å². The van der Waals surface area contributed by atoms with Gasteiger partial charge in [0.2, 0.25) is 0 Å². The third-order valence-electron chi connectivity index (χ3n) is 3.93. The van der Waals surface area contributed by atoms with E-state index in [0.717, 1.165) is 36.5 Å². The van der Waals surface area contributed by atoms with Crippen molar-refractivity contribution in [3.8, 4) is 0 Å². The lowest BCUT2D eigenvalue weighted by Crippen LogP contribution is -2.15. The van der Waals surface area contributed by atoms with E-state index in [1.807, 2.05) is 0 Å². The van der Waals surface area contributed by atoms with Gasteiger partial charge in [0.15, 0.2) is 0 Å². The number of nitrogens with one attached hydrogen (secondary N) is 2. The Kier molecular flexibility index (Phi) is 6.47. The molecule has 0 unspecified atom stereocenters. The summed E-state index contributed by atoms with van der Waals surface area (Å²) in [6, 6.07) is 11.9. The zero-order chi connectivity index (χ0) is 22.6. The van der Waals surface area contributed by atoms with Crippen molar-refractivity contribution in [3.63, 3.8) is 0 Å². The SMILES string of the molecule is O=[N+]([O-])c1ccc(N/N=C\c2ccc(F)cc2F)c(S(=O)(=O)Nc2ccccc2Cl)c1. The number of halogens is 3. The number of nitro benzene ring substituents is 1. The molecule has 12 heteroatoms. The van der Waals surface area contributed by atoms with E-state index in [4.69, 9.17) is 11.6 Å². The largest absolute Gasteiger partial charge is 0.278 e. The Morgan fingerprint density at radius 3 is 2.45 bits per heavy atom. The summed E-state index contributed by atoms with van der Waals surface area (Å²) >= 11 is 5.98. The van der Waals surface area contributed by atoms with E-state index in [1.165, 1.54) is 12.1 Å². The number of hydrogen-bond acceptors (Lipinski definition) is 6. The fourth-order valence-electron chi connectivity index (χ4n) is 2.46. The second-order valence-electron chi connectivity index (χ2n) is 6.06. The minimum Gasteiger partial charge on any atom is -0.278 e. The van der Waals surface area contributed by atoms with E-state index in [1.54, 1.807) is 12.1 Å². The summed E-state index contributed by atoms with van der Waals surface area (Å²) < 4.78 is 54.7. The maximum Gasteiger partial charge on any atom is 0.270 e. The van der Waals surface area contributed by atoms with E-state index < -0.39 is 37.2 Å². The van der Waals surface area contributed by atoms with Crippen molar-refractivity contribution in [1.82, 2.24) is 0 Å². The molecule has 3 aromatic rings. The van der Waals surface area contributed by atoms with Crippen LogP contribution in [0, 0.1) is 21.7 Å². The molecule has 31 heavy (non-hydrogen) atoms. The maximum absolute atomic E-state index is 13.7. The molecule has 0 amide bonds. The molecular formula is C19H13ClF2N4O4S. The van der Waals surface area contributed by atoms with Gasteiger partial charge in [-0.15, -0.1) is 0 Å². The Labute approximate surface area is 180 Å². The van der Waals surface area contributed by atoms with Gasteiger partial charge in [-0.25, -0.2) is 17.2 Å². The molecule has 0 saturated heterocycles. The number of benzene rings is 3. The van der Waals surface area contributed by atoms with E-state index in [2.05, 4.69) is 15.2 Å². The van der Waals surface area contributed by atoms with Gasteiger partial charge in [0, 0.05) is 23.8 Å². The van der Waals surface area contributed by atoms with Crippen LogP contribution in [0.15, 0.2) is 70.7 Å². The maximum atomic E-state index is 13.7. The van der Waals surface area contributed by atoms with Gasteiger partial charge in [-0.2, -0.15) is 5.10 Å². The molecule has 0 aromatic heterocycles. The van der Waals surface area contributed by atoms with Crippen LogP contribution in [0.2, 0.25) is 5.02 Å². The van der Waals surface area contributed by atoms with Gasteiger partial charge in [0.25, 0.3) is 15.7 Å². The first-order chi connectivity index (χ1) is 14.7. The Balaban J connectivity index is 1.96. The van der Waals surface area contributed by atoms with Crippen molar-refractivity contribution in [2.45, 2.75) is 4.90 Å². The van der Waals surface area contributed by atoms with E-state index in [9.17, 15) is 27.3 Å². The second kappa shape index (κ2) is 9.06. The Morgan fingerprint density at radius 1 is 1.03 bits per heavy atom. The van der Waals surface area contributed by atoms with Gasteiger partial charge in [0.05, 0.1) is 27.5 Å². The molecule has 0 atom stereocenters. The lowest BCUT2D eigenvalue weighted by atomic mass is 10.2. The van der Waals surface area contributed by atoms with Gasteiger partial charge in [-0.05, 0) is 30.3 Å². The lowest BCUT2D eigenvalue weighted by Gasteiger charge is -2.12. The predicted molar refractivity (Wildman–Crippen MR) is 113 cm³/mol. The molecule has 2 N–H and O–H groups in total. The summed E-state index contributed by atoms with van der Waals surface area (Å²) in [7, 11) is -4.33. The van der Waals surface area contributed by atoms with E-state index in [-0.39, 0.29) is 22.0 Å². The molecular weight excluding hydrogens is 454 g/mol. The molecule has 8 nitrogen and oxygen atoms in total. The van der Waals surface area contributed by atoms with Gasteiger partial charge >= 0.3 is 0 Å². The monoisotopic (exact) mass is 466 g/mol. The molecule has 3 aromatic carbocycles. The molecule has 0 fully saturated rings. The van der Waals surface area contributed by atoms with Crippen LogP contribution in [0.1, 0.15) is 5.56 Å². The third-order valence-corrected chi connectivity index (χ3v) is 5.67. The van der Waals surface area contributed by atoms with Crippen LogP contribution in [0.3, 0.4) is 0 Å². The smallest absolute Gasteiger partial charge is 0.270 e. The van der Waals surface area contributed by atoms with Crippen molar-refractivity contribution >= 4 is 44.9 Å². The molecule has 0 saturated carbocycles. The van der Waals surface area contributed by atoms with Gasteiger partial charge in [-0.3, -0.25) is 20.3 Å².